The van der Waals surface area contributed by atoms with E-state index < -0.39 is 16.6 Å². The van der Waals surface area contributed by atoms with Crippen LogP contribution in [0.4, 0.5) is 4.39 Å². The summed E-state index contributed by atoms with van der Waals surface area (Å²) in [5, 5.41) is 0. The summed E-state index contributed by atoms with van der Waals surface area (Å²) < 4.78 is 24.5. The number of carbonyl (C=O) groups is 1. The lowest BCUT2D eigenvalue weighted by Crippen LogP contribution is -2.14. The average Bonchev–Trinajstić information content (AvgIpc) is 2.37. The van der Waals surface area contributed by atoms with Crippen molar-refractivity contribution in [2.24, 2.45) is 0 Å². The largest absolute Gasteiger partial charge is 0.496 e. The summed E-state index contributed by atoms with van der Waals surface area (Å²) in [6, 6.07) is 3.34. The second kappa shape index (κ2) is 6.89. The van der Waals surface area contributed by atoms with Crippen molar-refractivity contribution in [3.8, 4) is 5.75 Å². The van der Waals surface area contributed by atoms with Gasteiger partial charge in [-0.1, -0.05) is 35.8 Å². The molecule has 19 heavy (non-hydrogen) atoms. The first kappa shape index (κ1) is 16.0. The van der Waals surface area contributed by atoms with Crippen LogP contribution in [-0.4, -0.2) is 19.7 Å². The Morgan fingerprint density at radius 3 is 2.53 bits per heavy atom. The zero-order chi connectivity index (χ0) is 14.6. The van der Waals surface area contributed by atoms with Gasteiger partial charge >= 0.3 is 5.97 Å². The third-order valence-electron chi connectivity index (χ3n) is 2.76. The molecule has 1 aromatic carbocycles. The maximum absolute atomic E-state index is 14.5. The van der Waals surface area contributed by atoms with Gasteiger partial charge in [-0.25, -0.2) is 4.39 Å². The Labute approximate surface area is 121 Å². The summed E-state index contributed by atoms with van der Waals surface area (Å²) >= 11 is 3.18. The lowest BCUT2D eigenvalue weighted by atomic mass is 9.97. The van der Waals surface area contributed by atoms with Crippen LogP contribution in [0.3, 0.4) is 0 Å². The molecule has 0 aliphatic rings. The third-order valence-corrected chi connectivity index (χ3v) is 3.59. The highest BCUT2D eigenvalue weighted by Gasteiger charge is 2.28. The normalized spacial score (nSPS) is 12.4. The summed E-state index contributed by atoms with van der Waals surface area (Å²) in [7, 11) is 1.44. The topological polar surface area (TPSA) is 35.5 Å². The number of esters is 1. The van der Waals surface area contributed by atoms with Gasteiger partial charge in [0.05, 0.1) is 19.3 Å². The molecule has 0 heterocycles. The third kappa shape index (κ3) is 3.47. The van der Waals surface area contributed by atoms with Crippen molar-refractivity contribution in [2.45, 2.75) is 31.5 Å². The molecular weight excluding hydrogens is 315 g/mol. The minimum absolute atomic E-state index is 0.0200. The molecule has 0 saturated heterocycles. The second-order valence-corrected chi connectivity index (χ2v) is 5.27. The molecule has 0 radical (unpaired) electrons. The molecule has 0 aromatic heterocycles. The van der Waals surface area contributed by atoms with Crippen molar-refractivity contribution >= 4 is 21.9 Å². The van der Waals surface area contributed by atoms with Crippen LogP contribution in [0.1, 0.15) is 42.6 Å². The first-order valence-electron chi connectivity index (χ1n) is 6.11. The number of alkyl halides is 1. The van der Waals surface area contributed by atoms with E-state index in [0.717, 1.165) is 0 Å². The smallest absolute Gasteiger partial charge is 0.324 e. The van der Waals surface area contributed by atoms with Crippen LogP contribution in [0.15, 0.2) is 12.1 Å². The van der Waals surface area contributed by atoms with Crippen molar-refractivity contribution in [3.05, 3.63) is 29.1 Å². The fraction of sp³-hybridized carbons (Fsp3) is 0.500. The fourth-order valence-corrected chi connectivity index (χ4v) is 2.34. The van der Waals surface area contributed by atoms with Gasteiger partial charge < -0.3 is 9.47 Å². The van der Waals surface area contributed by atoms with Gasteiger partial charge in [0.1, 0.15) is 16.4 Å². The predicted octanol–water partition coefficient (Wildman–Crippen LogP) is 3.96. The summed E-state index contributed by atoms with van der Waals surface area (Å²) in [4.78, 5) is 10.9. The zero-order valence-corrected chi connectivity index (χ0v) is 13.1. The van der Waals surface area contributed by atoms with Crippen molar-refractivity contribution in [2.75, 3.05) is 13.7 Å². The van der Waals surface area contributed by atoms with Crippen molar-refractivity contribution in [3.63, 3.8) is 0 Å². The molecule has 0 fully saturated rings. The maximum Gasteiger partial charge on any atom is 0.324 e. The van der Waals surface area contributed by atoms with E-state index in [1.807, 2.05) is 13.8 Å². The lowest BCUT2D eigenvalue weighted by Gasteiger charge is -2.17. The zero-order valence-electron chi connectivity index (χ0n) is 11.5. The van der Waals surface area contributed by atoms with Crippen LogP contribution in [0.25, 0.3) is 0 Å². The van der Waals surface area contributed by atoms with E-state index in [1.165, 1.54) is 7.11 Å². The highest BCUT2D eigenvalue weighted by molar-refractivity contribution is 9.09. The van der Waals surface area contributed by atoms with Gasteiger partial charge in [-0.05, 0) is 24.5 Å². The number of benzene rings is 1. The minimum Gasteiger partial charge on any atom is -0.496 e. The molecule has 0 bridgehead atoms. The minimum atomic E-state index is -0.874. The van der Waals surface area contributed by atoms with Crippen LogP contribution in [0.2, 0.25) is 0 Å². The highest BCUT2D eigenvalue weighted by atomic mass is 79.9. The number of methoxy groups -OCH3 is 1. The monoisotopic (exact) mass is 332 g/mol. The standard InChI is InChI=1S/C14H18BrFO3/c1-5-19-14(17)12(15)11-10(18-4)7-6-9(8(2)3)13(11)16/h6-8,12H,5H2,1-4H3. The van der Waals surface area contributed by atoms with Gasteiger partial charge in [0.25, 0.3) is 0 Å². The Morgan fingerprint density at radius 1 is 1.42 bits per heavy atom. The second-order valence-electron chi connectivity index (χ2n) is 4.35. The molecule has 106 valence electrons. The van der Waals surface area contributed by atoms with Crippen LogP contribution in [-0.2, 0) is 9.53 Å². The number of hydrogen-bond donors (Lipinski definition) is 0. The molecule has 1 rings (SSSR count). The molecule has 0 amide bonds. The van der Waals surface area contributed by atoms with Gasteiger partial charge in [0.2, 0.25) is 0 Å². The molecule has 0 aliphatic heterocycles. The van der Waals surface area contributed by atoms with E-state index in [2.05, 4.69) is 15.9 Å². The Morgan fingerprint density at radius 2 is 2.05 bits per heavy atom. The van der Waals surface area contributed by atoms with Gasteiger partial charge in [0.15, 0.2) is 0 Å². The van der Waals surface area contributed by atoms with Gasteiger partial charge in [0, 0.05) is 0 Å². The Balaban J connectivity index is 3.30. The maximum atomic E-state index is 14.5. The molecule has 1 unspecified atom stereocenters. The number of halogens is 2. The van der Waals surface area contributed by atoms with Gasteiger partial charge in [-0.2, -0.15) is 0 Å². The Hall–Kier alpha value is -1.10. The van der Waals surface area contributed by atoms with E-state index in [4.69, 9.17) is 9.47 Å². The fourth-order valence-electron chi connectivity index (χ4n) is 1.79. The lowest BCUT2D eigenvalue weighted by molar-refractivity contribution is -0.142. The quantitative estimate of drug-likeness (QED) is 0.604. The molecule has 0 spiro atoms. The highest BCUT2D eigenvalue weighted by Crippen LogP contribution is 2.37. The molecular formula is C14H18BrFO3. The number of hydrogen-bond acceptors (Lipinski definition) is 3. The van der Waals surface area contributed by atoms with Crippen LogP contribution < -0.4 is 4.74 Å². The summed E-state index contributed by atoms with van der Waals surface area (Å²) in [6.07, 6.45) is 0. The SMILES string of the molecule is CCOC(=O)C(Br)c1c(OC)ccc(C(C)C)c1F. The number of ether oxygens (including phenoxy) is 2. The van der Waals surface area contributed by atoms with Crippen LogP contribution >= 0.6 is 15.9 Å². The van der Waals surface area contributed by atoms with Crippen molar-refractivity contribution in [1.82, 2.24) is 0 Å². The Bertz CT molecular complexity index is 460. The summed E-state index contributed by atoms with van der Waals surface area (Å²) in [6.45, 7) is 5.73. The number of rotatable bonds is 5. The van der Waals surface area contributed by atoms with Crippen LogP contribution in [0.5, 0.6) is 5.75 Å². The van der Waals surface area contributed by atoms with E-state index in [9.17, 15) is 9.18 Å². The molecule has 1 aromatic rings. The summed E-state index contributed by atoms with van der Waals surface area (Å²) in [5.41, 5.74) is 0.733. The van der Waals surface area contributed by atoms with Gasteiger partial charge in [-0.3, -0.25) is 4.79 Å². The molecule has 5 heteroatoms. The van der Waals surface area contributed by atoms with E-state index >= 15 is 0 Å². The average molecular weight is 333 g/mol. The molecule has 1 atom stereocenters. The van der Waals surface area contributed by atoms with E-state index in [0.29, 0.717) is 11.3 Å². The molecule has 0 aliphatic carbocycles. The van der Waals surface area contributed by atoms with E-state index in [1.54, 1.807) is 19.1 Å². The number of carbonyl (C=O) groups excluding carboxylic acids is 1. The van der Waals surface area contributed by atoms with Crippen molar-refractivity contribution in [1.29, 1.82) is 0 Å². The predicted molar refractivity (Wildman–Crippen MR) is 75.3 cm³/mol. The first-order valence-corrected chi connectivity index (χ1v) is 7.02. The summed E-state index contributed by atoms with van der Waals surface area (Å²) in [5.74, 6) is -0.603. The Kier molecular flexibility index (Phi) is 5.79. The van der Waals surface area contributed by atoms with Crippen LogP contribution in [0, 0.1) is 5.82 Å². The molecule has 0 N–H and O–H groups in total. The molecule has 3 nitrogen and oxygen atoms in total. The first-order chi connectivity index (χ1) is 8.93. The van der Waals surface area contributed by atoms with Crippen molar-refractivity contribution < 1.29 is 18.7 Å². The van der Waals surface area contributed by atoms with E-state index in [-0.39, 0.29) is 18.1 Å². The molecule has 0 saturated carbocycles. The van der Waals surface area contributed by atoms with Gasteiger partial charge in [-0.15, -0.1) is 0 Å².